The minimum Gasteiger partial charge on any atom is -0.492 e. The third-order valence-electron chi connectivity index (χ3n) is 4.22. The fraction of sp³-hybridized carbons (Fsp3) is 0.562. The molecule has 0 saturated heterocycles. The Labute approximate surface area is 114 Å². The molecule has 0 spiro atoms. The van der Waals surface area contributed by atoms with Gasteiger partial charge in [0.15, 0.2) is 0 Å². The molecular formula is C16H21NO2. The number of para-hydroxylation sites is 1. The number of rotatable bonds is 3. The molecule has 0 amide bonds. The number of benzene rings is 1. The lowest BCUT2D eigenvalue weighted by Crippen LogP contribution is -2.33. The van der Waals surface area contributed by atoms with Gasteiger partial charge in [-0.2, -0.15) is 0 Å². The SMILES string of the molecule is O=C(CN1CCOc2ccccc2C1)C1CCCC1. The molecule has 19 heavy (non-hydrogen) atoms. The van der Waals surface area contributed by atoms with Crippen LogP contribution in [0.15, 0.2) is 24.3 Å². The van der Waals surface area contributed by atoms with Crippen molar-refractivity contribution in [3.05, 3.63) is 29.8 Å². The predicted molar refractivity (Wildman–Crippen MR) is 74.2 cm³/mol. The Morgan fingerprint density at radius 2 is 2.05 bits per heavy atom. The van der Waals surface area contributed by atoms with Gasteiger partial charge >= 0.3 is 0 Å². The molecule has 3 heteroatoms. The number of hydrogen-bond donors (Lipinski definition) is 0. The topological polar surface area (TPSA) is 29.5 Å². The van der Waals surface area contributed by atoms with Gasteiger partial charge in [-0.1, -0.05) is 31.0 Å². The van der Waals surface area contributed by atoms with E-state index in [-0.39, 0.29) is 0 Å². The van der Waals surface area contributed by atoms with Crippen molar-refractivity contribution >= 4 is 5.78 Å². The normalized spacial score (nSPS) is 20.6. The molecule has 0 unspecified atom stereocenters. The molecule has 0 bridgehead atoms. The first kappa shape index (κ1) is 12.7. The zero-order valence-corrected chi connectivity index (χ0v) is 11.3. The summed E-state index contributed by atoms with van der Waals surface area (Å²) in [6, 6.07) is 8.13. The molecule has 1 aliphatic heterocycles. The van der Waals surface area contributed by atoms with Crippen LogP contribution in [-0.4, -0.2) is 30.4 Å². The first-order valence-corrected chi connectivity index (χ1v) is 7.29. The summed E-state index contributed by atoms with van der Waals surface area (Å²) in [5.74, 6) is 1.72. The van der Waals surface area contributed by atoms with Gasteiger partial charge in [0, 0.05) is 24.6 Å². The second kappa shape index (κ2) is 5.74. The van der Waals surface area contributed by atoms with Crippen LogP contribution in [0.3, 0.4) is 0 Å². The monoisotopic (exact) mass is 259 g/mol. The molecule has 102 valence electrons. The number of nitrogens with zero attached hydrogens (tertiary/aromatic N) is 1. The number of ketones is 1. The molecule has 0 aromatic heterocycles. The lowest BCUT2D eigenvalue weighted by Gasteiger charge is -2.20. The quantitative estimate of drug-likeness (QED) is 0.835. The van der Waals surface area contributed by atoms with Gasteiger partial charge < -0.3 is 4.74 Å². The molecule has 3 nitrogen and oxygen atoms in total. The van der Waals surface area contributed by atoms with Gasteiger partial charge in [-0.3, -0.25) is 9.69 Å². The van der Waals surface area contributed by atoms with E-state index in [0.717, 1.165) is 31.7 Å². The van der Waals surface area contributed by atoms with Crippen molar-refractivity contribution in [1.82, 2.24) is 4.90 Å². The molecule has 1 saturated carbocycles. The van der Waals surface area contributed by atoms with Gasteiger partial charge in [0.05, 0.1) is 6.54 Å². The average Bonchev–Trinajstić information content (AvgIpc) is 2.87. The predicted octanol–water partition coefficient (Wildman–Crippen LogP) is 2.64. The fourth-order valence-corrected chi connectivity index (χ4v) is 3.11. The van der Waals surface area contributed by atoms with E-state index < -0.39 is 0 Å². The lowest BCUT2D eigenvalue weighted by atomic mass is 10.0. The summed E-state index contributed by atoms with van der Waals surface area (Å²) in [4.78, 5) is 14.5. The fourth-order valence-electron chi connectivity index (χ4n) is 3.11. The number of carbonyl (C=O) groups is 1. The van der Waals surface area contributed by atoms with Crippen LogP contribution in [0.2, 0.25) is 0 Å². The van der Waals surface area contributed by atoms with E-state index in [1.54, 1.807) is 0 Å². The molecule has 0 atom stereocenters. The number of fused-ring (bicyclic) bond motifs is 1. The summed E-state index contributed by atoms with van der Waals surface area (Å²) >= 11 is 0. The van der Waals surface area contributed by atoms with Crippen molar-refractivity contribution in [3.8, 4) is 5.75 Å². The standard InChI is InChI=1S/C16H21NO2/c18-15(13-5-1-2-6-13)12-17-9-10-19-16-8-4-3-7-14(16)11-17/h3-4,7-8,13H,1-2,5-6,9-12H2. The first-order valence-electron chi connectivity index (χ1n) is 7.29. The second-order valence-electron chi connectivity index (χ2n) is 5.61. The summed E-state index contributed by atoms with van der Waals surface area (Å²) in [6.07, 6.45) is 4.64. The third-order valence-corrected chi connectivity index (χ3v) is 4.22. The third kappa shape index (κ3) is 2.98. The molecule has 1 aliphatic carbocycles. The molecular weight excluding hydrogens is 238 g/mol. The number of ether oxygens (including phenoxy) is 1. The highest BCUT2D eigenvalue weighted by Crippen LogP contribution is 2.27. The maximum atomic E-state index is 12.3. The highest BCUT2D eigenvalue weighted by atomic mass is 16.5. The summed E-state index contributed by atoms with van der Waals surface area (Å²) in [6.45, 7) is 2.93. The van der Waals surface area contributed by atoms with Crippen LogP contribution in [0.5, 0.6) is 5.75 Å². The largest absolute Gasteiger partial charge is 0.492 e. The minimum absolute atomic E-state index is 0.319. The van der Waals surface area contributed by atoms with Gasteiger partial charge in [-0.05, 0) is 18.9 Å². The second-order valence-corrected chi connectivity index (χ2v) is 5.61. The van der Waals surface area contributed by atoms with Gasteiger partial charge in [-0.15, -0.1) is 0 Å². The van der Waals surface area contributed by atoms with Gasteiger partial charge in [0.1, 0.15) is 18.1 Å². The summed E-state index contributed by atoms with van der Waals surface area (Å²) in [5, 5.41) is 0. The van der Waals surface area contributed by atoms with Crippen LogP contribution in [0.4, 0.5) is 0 Å². The van der Waals surface area contributed by atoms with Gasteiger partial charge in [0.2, 0.25) is 0 Å². The molecule has 1 aromatic carbocycles. The van der Waals surface area contributed by atoms with E-state index in [9.17, 15) is 4.79 Å². The Balaban J connectivity index is 1.64. The van der Waals surface area contributed by atoms with E-state index in [2.05, 4.69) is 11.0 Å². The number of hydrogen-bond acceptors (Lipinski definition) is 3. The molecule has 0 radical (unpaired) electrons. The zero-order chi connectivity index (χ0) is 13.1. The van der Waals surface area contributed by atoms with E-state index in [4.69, 9.17) is 4.74 Å². The molecule has 3 rings (SSSR count). The maximum absolute atomic E-state index is 12.3. The highest BCUT2D eigenvalue weighted by Gasteiger charge is 2.25. The summed E-state index contributed by atoms with van der Waals surface area (Å²) in [7, 11) is 0. The summed E-state index contributed by atoms with van der Waals surface area (Å²) in [5.41, 5.74) is 1.19. The Bertz CT molecular complexity index is 452. The van der Waals surface area contributed by atoms with Crippen LogP contribution in [0, 0.1) is 5.92 Å². The summed E-state index contributed by atoms with van der Waals surface area (Å²) < 4.78 is 5.73. The molecule has 1 heterocycles. The van der Waals surface area contributed by atoms with Crippen LogP contribution in [0.25, 0.3) is 0 Å². The Kier molecular flexibility index (Phi) is 3.83. The highest BCUT2D eigenvalue weighted by molar-refractivity contribution is 5.83. The van der Waals surface area contributed by atoms with Crippen LogP contribution >= 0.6 is 0 Å². The number of carbonyl (C=O) groups excluding carboxylic acids is 1. The van der Waals surface area contributed by atoms with Gasteiger partial charge in [-0.25, -0.2) is 0 Å². The van der Waals surface area contributed by atoms with Crippen molar-refractivity contribution in [2.45, 2.75) is 32.2 Å². The van der Waals surface area contributed by atoms with Crippen LogP contribution in [0.1, 0.15) is 31.2 Å². The molecule has 1 aromatic rings. The van der Waals surface area contributed by atoms with E-state index in [0.29, 0.717) is 24.9 Å². The van der Waals surface area contributed by atoms with Gasteiger partial charge in [0.25, 0.3) is 0 Å². The van der Waals surface area contributed by atoms with E-state index in [1.165, 1.54) is 18.4 Å². The van der Waals surface area contributed by atoms with Crippen molar-refractivity contribution in [3.63, 3.8) is 0 Å². The van der Waals surface area contributed by atoms with Crippen molar-refractivity contribution < 1.29 is 9.53 Å². The van der Waals surface area contributed by atoms with Crippen molar-refractivity contribution in [1.29, 1.82) is 0 Å². The first-order chi connectivity index (χ1) is 9.33. The van der Waals surface area contributed by atoms with Crippen molar-refractivity contribution in [2.24, 2.45) is 5.92 Å². The molecule has 1 fully saturated rings. The number of Topliss-reactive ketones (excluding diaryl/α,β-unsaturated/α-hetero) is 1. The van der Waals surface area contributed by atoms with Crippen LogP contribution in [-0.2, 0) is 11.3 Å². The lowest BCUT2D eigenvalue weighted by molar-refractivity contribution is -0.124. The Morgan fingerprint density at radius 1 is 1.26 bits per heavy atom. The maximum Gasteiger partial charge on any atom is 0.149 e. The zero-order valence-electron chi connectivity index (χ0n) is 11.3. The Hall–Kier alpha value is -1.35. The molecule has 0 N–H and O–H groups in total. The van der Waals surface area contributed by atoms with E-state index in [1.807, 2.05) is 18.2 Å². The van der Waals surface area contributed by atoms with Crippen molar-refractivity contribution in [2.75, 3.05) is 19.7 Å². The Morgan fingerprint density at radius 3 is 2.89 bits per heavy atom. The van der Waals surface area contributed by atoms with Crippen LogP contribution < -0.4 is 4.74 Å². The van der Waals surface area contributed by atoms with E-state index >= 15 is 0 Å². The smallest absolute Gasteiger partial charge is 0.149 e. The molecule has 2 aliphatic rings. The minimum atomic E-state index is 0.319. The average molecular weight is 259 g/mol.